The Morgan fingerprint density at radius 2 is 1.93 bits per heavy atom. The standard InChI is InChI=1S/C20H18N2O4S/c1-25-18(23)11-16-13-27-20(21-16)22-19(24)15-8-5-9-17(10-15)26-12-14-6-3-2-4-7-14/h2-10,13H,11-12H2,1H3,(H,21,22,24). The Balaban J connectivity index is 1.61. The molecule has 1 heterocycles. The van der Waals surface area contributed by atoms with E-state index in [4.69, 9.17) is 4.74 Å². The van der Waals surface area contributed by atoms with Gasteiger partial charge in [0.05, 0.1) is 19.2 Å². The van der Waals surface area contributed by atoms with Crippen molar-refractivity contribution in [2.45, 2.75) is 13.0 Å². The summed E-state index contributed by atoms with van der Waals surface area (Å²) in [6.45, 7) is 0.426. The predicted octanol–water partition coefficient (Wildman–Crippen LogP) is 3.69. The number of ether oxygens (including phenoxy) is 2. The van der Waals surface area contributed by atoms with Gasteiger partial charge in [-0.05, 0) is 23.8 Å². The number of benzene rings is 2. The third kappa shape index (κ3) is 5.39. The van der Waals surface area contributed by atoms with Gasteiger partial charge in [0, 0.05) is 10.9 Å². The lowest BCUT2D eigenvalue weighted by Gasteiger charge is -2.08. The number of anilines is 1. The van der Waals surface area contributed by atoms with Crippen LogP contribution in [-0.2, 0) is 22.6 Å². The van der Waals surface area contributed by atoms with Gasteiger partial charge in [0.1, 0.15) is 12.4 Å². The highest BCUT2D eigenvalue weighted by molar-refractivity contribution is 7.14. The zero-order chi connectivity index (χ0) is 19.1. The first-order valence-electron chi connectivity index (χ1n) is 8.23. The molecule has 1 amide bonds. The lowest BCUT2D eigenvalue weighted by Crippen LogP contribution is -2.12. The zero-order valence-electron chi connectivity index (χ0n) is 14.7. The molecule has 27 heavy (non-hydrogen) atoms. The van der Waals surface area contributed by atoms with E-state index >= 15 is 0 Å². The number of esters is 1. The number of amides is 1. The SMILES string of the molecule is COC(=O)Cc1csc(NC(=O)c2cccc(OCc3ccccc3)c2)n1. The maximum atomic E-state index is 12.4. The second kappa shape index (κ2) is 8.95. The molecule has 3 aromatic rings. The molecule has 2 aromatic carbocycles. The van der Waals surface area contributed by atoms with Gasteiger partial charge in [0.2, 0.25) is 0 Å². The van der Waals surface area contributed by atoms with Crippen LogP contribution in [0, 0.1) is 0 Å². The van der Waals surface area contributed by atoms with Gasteiger partial charge in [-0.1, -0.05) is 36.4 Å². The quantitative estimate of drug-likeness (QED) is 0.631. The van der Waals surface area contributed by atoms with Gasteiger partial charge in [0.15, 0.2) is 5.13 Å². The number of nitrogens with zero attached hydrogens (tertiary/aromatic N) is 1. The van der Waals surface area contributed by atoms with Crippen LogP contribution in [0.1, 0.15) is 21.6 Å². The van der Waals surface area contributed by atoms with Crippen LogP contribution < -0.4 is 10.1 Å². The van der Waals surface area contributed by atoms with Gasteiger partial charge >= 0.3 is 5.97 Å². The topological polar surface area (TPSA) is 77.5 Å². The van der Waals surface area contributed by atoms with Crippen LogP contribution in [0.4, 0.5) is 5.13 Å². The van der Waals surface area contributed by atoms with Crippen LogP contribution in [0.3, 0.4) is 0 Å². The van der Waals surface area contributed by atoms with Crippen LogP contribution in [0.2, 0.25) is 0 Å². The van der Waals surface area contributed by atoms with E-state index in [9.17, 15) is 9.59 Å². The van der Waals surface area contributed by atoms with Crippen molar-refractivity contribution in [3.05, 3.63) is 76.8 Å². The summed E-state index contributed by atoms with van der Waals surface area (Å²) in [6.07, 6.45) is 0.0751. The molecule has 0 spiro atoms. The maximum absolute atomic E-state index is 12.4. The van der Waals surface area contributed by atoms with E-state index in [0.29, 0.717) is 28.7 Å². The van der Waals surface area contributed by atoms with E-state index in [1.807, 2.05) is 30.3 Å². The Morgan fingerprint density at radius 3 is 2.70 bits per heavy atom. The smallest absolute Gasteiger partial charge is 0.311 e. The lowest BCUT2D eigenvalue weighted by molar-refractivity contribution is -0.139. The molecule has 1 aromatic heterocycles. The summed E-state index contributed by atoms with van der Waals surface area (Å²) >= 11 is 1.25. The van der Waals surface area contributed by atoms with Crippen molar-refractivity contribution >= 4 is 28.3 Å². The summed E-state index contributed by atoms with van der Waals surface area (Å²) < 4.78 is 10.4. The van der Waals surface area contributed by atoms with Crippen LogP contribution in [0.5, 0.6) is 5.75 Å². The van der Waals surface area contributed by atoms with Gasteiger partial charge < -0.3 is 9.47 Å². The molecule has 0 atom stereocenters. The molecule has 7 heteroatoms. The fourth-order valence-corrected chi connectivity index (χ4v) is 3.01. The van der Waals surface area contributed by atoms with E-state index in [1.165, 1.54) is 18.4 Å². The van der Waals surface area contributed by atoms with Crippen LogP contribution >= 0.6 is 11.3 Å². The summed E-state index contributed by atoms with van der Waals surface area (Å²) in [5.74, 6) is -0.0578. The fraction of sp³-hybridized carbons (Fsp3) is 0.150. The molecule has 0 unspecified atom stereocenters. The number of thiazole rings is 1. The number of nitrogens with one attached hydrogen (secondary N) is 1. The molecule has 0 aliphatic carbocycles. The number of hydrogen-bond donors (Lipinski definition) is 1. The Morgan fingerprint density at radius 1 is 1.11 bits per heavy atom. The first-order chi connectivity index (χ1) is 13.1. The summed E-state index contributed by atoms with van der Waals surface area (Å²) in [4.78, 5) is 27.9. The van der Waals surface area contributed by atoms with Gasteiger partial charge in [-0.2, -0.15) is 0 Å². The van der Waals surface area contributed by atoms with E-state index < -0.39 is 0 Å². The van der Waals surface area contributed by atoms with E-state index in [1.54, 1.807) is 29.6 Å². The van der Waals surface area contributed by atoms with Crippen molar-refractivity contribution in [3.63, 3.8) is 0 Å². The molecule has 0 saturated heterocycles. The molecule has 0 radical (unpaired) electrons. The number of carbonyl (C=O) groups is 2. The van der Waals surface area contributed by atoms with E-state index in [2.05, 4.69) is 15.0 Å². The van der Waals surface area contributed by atoms with Crippen molar-refractivity contribution in [1.29, 1.82) is 0 Å². The van der Waals surface area contributed by atoms with Crippen molar-refractivity contribution in [2.75, 3.05) is 12.4 Å². The average molecular weight is 382 g/mol. The third-order valence-electron chi connectivity index (χ3n) is 3.67. The molecular formula is C20H18N2O4S. The monoisotopic (exact) mass is 382 g/mol. The molecule has 138 valence electrons. The summed E-state index contributed by atoms with van der Waals surface area (Å²) in [5.41, 5.74) is 2.07. The van der Waals surface area contributed by atoms with E-state index in [-0.39, 0.29) is 18.3 Å². The predicted molar refractivity (Wildman–Crippen MR) is 103 cm³/mol. The third-order valence-corrected chi connectivity index (χ3v) is 4.48. The summed E-state index contributed by atoms with van der Waals surface area (Å²) in [7, 11) is 1.32. The summed E-state index contributed by atoms with van der Waals surface area (Å²) in [6, 6.07) is 16.8. The Labute approximate surface area is 160 Å². The molecule has 0 aliphatic rings. The molecule has 6 nitrogen and oxygen atoms in total. The zero-order valence-corrected chi connectivity index (χ0v) is 15.5. The van der Waals surface area contributed by atoms with E-state index in [0.717, 1.165) is 5.56 Å². The molecule has 0 saturated carbocycles. The second-order valence-electron chi connectivity index (χ2n) is 5.65. The maximum Gasteiger partial charge on any atom is 0.311 e. The van der Waals surface area contributed by atoms with Crippen LogP contribution in [0.25, 0.3) is 0 Å². The number of rotatable bonds is 7. The molecule has 0 fully saturated rings. The Hall–Kier alpha value is -3.19. The molecule has 0 aliphatic heterocycles. The normalized spacial score (nSPS) is 10.3. The minimum Gasteiger partial charge on any atom is -0.489 e. The number of aromatic nitrogens is 1. The van der Waals surface area contributed by atoms with Crippen molar-refractivity contribution in [2.24, 2.45) is 0 Å². The van der Waals surface area contributed by atoms with Crippen molar-refractivity contribution < 1.29 is 19.1 Å². The highest BCUT2D eigenvalue weighted by Crippen LogP contribution is 2.19. The Kier molecular flexibility index (Phi) is 6.17. The molecule has 0 bridgehead atoms. The molecular weight excluding hydrogens is 364 g/mol. The highest BCUT2D eigenvalue weighted by Gasteiger charge is 2.12. The highest BCUT2D eigenvalue weighted by atomic mass is 32.1. The van der Waals surface area contributed by atoms with Gasteiger partial charge in [-0.25, -0.2) is 4.98 Å². The van der Waals surface area contributed by atoms with Gasteiger partial charge in [-0.15, -0.1) is 11.3 Å². The number of carbonyl (C=O) groups excluding carboxylic acids is 2. The fourth-order valence-electron chi connectivity index (χ4n) is 2.30. The van der Waals surface area contributed by atoms with Crippen LogP contribution in [0.15, 0.2) is 60.0 Å². The van der Waals surface area contributed by atoms with Gasteiger partial charge in [0.25, 0.3) is 5.91 Å². The lowest BCUT2D eigenvalue weighted by atomic mass is 10.2. The van der Waals surface area contributed by atoms with Gasteiger partial charge in [-0.3, -0.25) is 14.9 Å². The minimum atomic E-state index is -0.374. The average Bonchev–Trinajstić information content (AvgIpc) is 3.14. The van der Waals surface area contributed by atoms with Crippen molar-refractivity contribution in [1.82, 2.24) is 4.98 Å². The minimum absolute atomic E-state index is 0.0751. The molecule has 3 rings (SSSR count). The molecule has 1 N–H and O–H groups in total. The first-order valence-corrected chi connectivity index (χ1v) is 9.11. The first kappa shape index (κ1) is 18.6. The number of hydrogen-bond acceptors (Lipinski definition) is 6. The Bertz CT molecular complexity index is 924. The summed E-state index contributed by atoms with van der Waals surface area (Å²) in [5, 5.41) is 4.87. The number of methoxy groups -OCH3 is 1. The largest absolute Gasteiger partial charge is 0.489 e. The second-order valence-corrected chi connectivity index (χ2v) is 6.51. The van der Waals surface area contributed by atoms with Crippen LogP contribution in [-0.4, -0.2) is 24.0 Å². The van der Waals surface area contributed by atoms with Crippen molar-refractivity contribution in [3.8, 4) is 5.75 Å².